The van der Waals surface area contributed by atoms with Crippen molar-refractivity contribution in [1.29, 1.82) is 0 Å². The largest absolute Gasteiger partial charge is 0.457 e. The Kier molecular flexibility index (Phi) is 25.2. The zero-order valence-electron chi connectivity index (χ0n) is 25.6. The van der Waals surface area contributed by atoms with Gasteiger partial charge in [-0.15, -0.1) is 0 Å². The zero-order chi connectivity index (χ0) is 31.3. The average molecular weight is 560 g/mol. The molecule has 41 heavy (non-hydrogen) atoms. The maximum Gasteiger partial charge on any atom is 0.235 e. The van der Waals surface area contributed by atoms with Crippen molar-refractivity contribution in [2.75, 3.05) is 0 Å². The molecule has 0 heterocycles. The van der Waals surface area contributed by atoms with Gasteiger partial charge in [0.25, 0.3) is 0 Å². The van der Waals surface area contributed by atoms with Gasteiger partial charge in [-0.3, -0.25) is 14.9 Å². The molecule has 0 unspecified atom stereocenters. The van der Waals surface area contributed by atoms with E-state index in [1.54, 1.807) is 48.5 Å². The zero-order valence-corrected chi connectivity index (χ0v) is 25.6. The highest BCUT2D eigenvalue weighted by Gasteiger charge is 1.97. The van der Waals surface area contributed by atoms with E-state index in [2.05, 4.69) is 0 Å². The molecule has 0 aliphatic rings. The van der Waals surface area contributed by atoms with Crippen LogP contribution in [0.3, 0.4) is 0 Å². The van der Waals surface area contributed by atoms with Gasteiger partial charge >= 0.3 is 0 Å². The summed E-state index contributed by atoms with van der Waals surface area (Å²) < 4.78 is 11.2. The Morgan fingerprint density at radius 3 is 1.15 bits per heavy atom. The van der Waals surface area contributed by atoms with Crippen LogP contribution in [0.1, 0.15) is 71.3 Å². The van der Waals surface area contributed by atoms with E-state index in [-0.39, 0.29) is 0 Å². The summed E-state index contributed by atoms with van der Waals surface area (Å²) in [6.45, 7) is 16.0. The van der Waals surface area contributed by atoms with Crippen molar-refractivity contribution >= 4 is 12.4 Å². The van der Waals surface area contributed by atoms with Crippen LogP contribution in [0.5, 0.6) is 23.0 Å². The van der Waals surface area contributed by atoms with Crippen LogP contribution in [-0.2, 0) is 0 Å². The van der Waals surface area contributed by atoms with Crippen molar-refractivity contribution in [3.05, 3.63) is 137 Å². The van der Waals surface area contributed by atoms with Crippen LogP contribution in [0.15, 0.2) is 115 Å². The predicted octanol–water partition coefficient (Wildman–Crippen LogP) is 11.1. The summed E-state index contributed by atoms with van der Waals surface area (Å²) in [6, 6.07) is 33.0. The van der Waals surface area contributed by atoms with Crippen molar-refractivity contribution in [3.63, 3.8) is 0 Å². The van der Waals surface area contributed by atoms with Gasteiger partial charge in [0.15, 0.2) is 0 Å². The summed E-state index contributed by atoms with van der Waals surface area (Å²) in [4.78, 5) is 20.1. The number of carbonyl (C=O) groups excluding carboxylic acids is 1. The molecule has 0 aromatic heterocycles. The summed E-state index contributed by atoms with van der Waals surface area (Å²) >= 11 is 0. The quantitative estimate of drug-likeness (QED) is 0.128. The second-order valence-corrected chi connectivity index (χ2v) is 6.69. The van der Waals surface area contributed by atoms with Crippen LogP contribution in [-0.4, -0.2) is 11.2 Å². The van der Waals surface area contributed by atoms with Crippen LogP contribution in [0.4, 0.5) is 0 Å². The number of nitrogens with zero attached hydrogens (tertiary/aromatic N) is 1. The van der Waals surface area contributed by atoms with Gasteiger partial charge in [0.05, 0.1) is 4.92 Å². The Hall–Kier alpha value is -4.71. The van der Waals surface area contributed by atoms with Gasteiger partial charge < -0.3 is 9.47 Å². The number of carbonyl (C=O) groups is 1. The number of hydrogen-bond donors (Lipinski definition) is 0. The third-order valence-corrected chi connectivity index (χ3v) is 4.24. The molecule has 4 rings (SSSR count). The number of rotatable bonds is 7. The van der Waals surface area contributed by atoms with E-state index in [9.17, 15) is 14.9 Å². The summed E-state index contributed by atoms with van der Waals surface area (Å²) in [6.07, 6.45) is 3.16. The number of hydrogen-bond acceptors (Lipinski definition) is 5. The molecule has 0 saturated carbocycles. The van der Waals surface area contributed by atoms with Gasteiger partial charge in [-0.2, -0.15) is 0 Å². The molecule has 220 valence electrons. The fourth-order valence-electron chi connectivity index (χ4n) is 2.66. The van der Waals surface area contributed by atoms with Crippen LogP contribution >= 0.6 is 0 Å². The Morgan fingerprint density at radius 2 is 0.829 bits per heavy atom. The Bertz CT molecular complexity index is 1170. The van der Waals surface area contributed by atoms with Crippen molar-refractivity contribution in [2.24, 2.45) is 0 Å². The SMILES string of the molecule is CC.CC.CC.CC.O=Cc1ccc(Oc2ccccc2)cc1.O=[N+]([O-])/C=C/c1ccc(Oc2ccccc2)cc1. The average Bonchev–Trinajstić information content (AvgIpc) is 3.06. The number of para-hydroxylation sites is 2. The van der Waals surface area contributed by atoms with Gasteiger partial charge in [0, 0.05) is 11.6 Å². The van der Waals surface area contributed by atoms with Crippen LogP contribution in [0.25, 0.3) is 6.08 Å². The second-order valence-electron chi connectivity index (χ2n) is 6.69. The van der Waals surface area contributed by atoms with E-state index < -0.39 is 4.92 Å². The molecule has 0 radical (unpaired) electrons. The summed E-state index contributed by atoms with van der Waals surface area (Å²) in [5.74, 6) is 2.97. The number of benzene rings is 4. The third kappa shape index (κ3) is 18.3. The number of aldehydes is 1. The Labute approximate surface area is 246 Å². The highest BCUT2D eigenvalue weighted by Crippen LogP contribution is 2.22. The fraction of sp³-hybridized carbons (Fsp3) is 0.229. The van der Waals surface area contributed by atoms with Crippen molar-refractivity contribution < 1.29 is 19.2 Å². The van der Waals surface area contributed by atoms with Gasteiger partial charge in [-0.1, -0.05) is 104 Å². The lowest BCUT2D eigenvalue weighted by atomic mass is 10.2. The molecule has 0 amide bonds. The molecular weight excluding hydrogens is 514 g/mol. The molecule has 4 aromatic carbocycles. The molecular formula is C35H45NO5. The van der Waals surface area contributed by atoms with Crippen LogP contribution in [0, 0.1) is 10.1 Å². The molecule has 6 nitrogen and oxygen atoms in total. The van der Waals surface area contributed by atoms with E-state index >= 15 is 0 Å². The first kappa shape index (κ1) is 38.4. The Balaban J connectivity index is 0. The van der Waals surface area contributed by atoms with Gasteiger partial charge in [-0.05, 0) is 66.2 Å². The van der Waals surface area contributed by atoms with Gasteiger partial charge in [0.2, 0.25) is 6.20 Å². The molecule has 0 aliphatic carbocycles. The molecule has 0 atom stereocenters. The minimum atomic E-state index is -0.492. The molecule has 6 heteroatoms. The molecule has 0 spiro atoms. The molecule has 4 aromatic rings. The van der Waals surface area contributed by atoms with Crippen molar-refractivity contribution in [3.8, 4) is 23.0 Å². The maximum absolute atomic E-state index is 10.4. The number of nitro groups is 1. The van der Waals surface area contributed by atoms with E-state index in [1.165, 1.54) is 6.08 Å². The van der Waals surface area contributed by atoms with Crippen LogP contribution < -0.4 is 9.47 Å². The standard InChI is InChI=1S/C14H11NO3.C13H10O2.4C2H6/c16-15(17)11-10-12-6-8-14(9-7-12)18-13-4-2-1-3-5-13;14-10-11-6-8-13(9-7-11)15-12-4-2-1-3-5-12;4*1-2/h1-11H;1-10H;4*1-2H3/b11-10+;;;;;. The van der Waals surface area contributed by atoms with E-state index in [1.807, 2.05) is 116 Å². The van der Waals surface area contributed by atoms with E-state index in [0.29, 0.717) is 11.3 Å². The monoisotopic (exact) mass is 559 g/mol. The summed E-state index contributed by atoms with van der Waals surface area (Å²) in [5, 5.41) is 10.2. The number of ether oxygens (including phenoxy) is 2. The first-order chi connectivity index (χ1) is 20.1. The second kappa shape index (κ2) is 26.9. The van der Waals surface area contributed by atoms with Crippen LogP contribution in [0.2, 0.25) is 0 Å². The lowest BCUT2D eigenvalue weighted by Crippen LogP contribution is -1.84. The lowest BCUT2D eigenvalue weighted by Gasteiger charge is -2.04. The molecule has 0 N–H and O–H groups in total. The maximum atomic E-state index is 10.4. The van der Waals surface area contributed by atoms with Crippen molar-refractivity contribution in [1.82, 2.24) is 0 Å². The molecule has 0 aliphatic heterocycles. The summed E-state index contributed by atoms with van der Waals surface area (Å²) in [5.41, 5.74) is 1.41. The minimum Gasteiger partial charge on any atom is -0.457 e. The molecule has 0 fully saturated rings. The highest BCUT2D eigenvalue weighted by molar-refractivity contribution is 5.74. The first-order valence-electron chi connectivity index (χ1n) is 14.1. The summed E-state index contributed by atoms with van der Waals surface area (Å²) in [7, 11) is 0. The van der Waals surface area contributed by atoms with Crippen molar-refractivity contribution in [2.45, 2.75) is 55.4 Å². The van der Waals surface area contributed by atoms with E-state index in [4.69, 9.17) is 9.47 Å². The molecule has 0 saturated heterocycles. The smallest absolute Gasteiger partial charge is 0.235 e. The first-order valence-corrected chi connectivity index (χ1v) is 14.1. The van der Waals surface area contributed by atoms with Gasteiger partial charge in [0.1, 0.15) is 29.3 Å². The highest BCUT2D eigenvalue weighted by atomic mass is 16.6. The van der Waals surface area contributed by atoms with E-state index in [0.717, 1.165) is 35.3 Å². The van der Waals surface area contributed by atoms with Gasteiger partial charge in [-0.25, -0.2) is 0 Å². The minimum absolute atomic E-state index is 0.492. The molecule has 0 bridgehead atoms. The Morgan fingerprint density at radius 1 is 0.512 bits per heavy atom. The predicted molar refractivity (Wildman–Crippen MR) is 173 cm³/mol. The lowest BCUT2D eigenvalue weighted by molar-refractivity contribution is -0.400. The third-order valence-electron chi connectivity index (χ3n) is 4.24. The fourth-order valence-corrected chi connectivity index (χ4v) is 2.66. The topological polar surface area (TPSA) is 78.7 Å². The normalized spacial score (nSPS) is 8.68.